The average molecular weight is 208 g/mol. The number of hydrogen-bond acceptors (Lipinski definition) is 2. The highest BCUT2D eigenvalue weighted by atomic mass is 19.4. The monoisotopic (exact) mass is 208 g/mol. The highest BCUT2D eigenvalue weighted by Crippen LogP contribution is 2.38. The first kappa shape index (κ1) is 10.2. The van der Waals surface area contributed by atoms with E-state index in [1.807, 2.05) is 0 Å². The molecule has 0 radical (unpaired) electrons. The molecule has 5 heteroatoms. The van der Waals surface area contributed by atoms with E-state index in [1.165, 1.54) is 0 Å². The molecule has 2 nitrogen and oxygen atoms in total. The van der Waals surface area contributed by atoms with Crippen molar-refractivity contribution in [2.24, 2.45) is 0 Å². The summed E-state index contributed by atoms with van der Waals surface area (Å²) in [5.74, 6) is 0. The summed E-state index contributed by atoms with van der Waals surface area (Å²) < 4.78 is 38.1. The highest BCUT2D eigenvalue weighted by molar-refractivity contribution is 4.92. The molecule has 1 N–H and O–H groups in total. The SMILES string of the molecule is FC(F)(F)N(C1CC1)[C@@H]1CCCNC1. The molecule has 2 fully saturated rings. The van der Waals surface area contributed by atoms with E-state index in [-0.39, 0.29) is 12.1 Å². The summed E-state index contributed by atoms with van der Waals surface area (Å²) in [7, 11) is 0. The molecular weight excluding hydrogens is 193 g/mol. The van der Waals surface area contributed by atoms with Crippen molar-refractivity contribution in [3.05, 3.63) is 0 Å². The quantitative estimate of drug-likeness (QED) is 0.695. The minimum atomic E-state index is -4.15. The van der Waals surface area contributed by atoms with Gasteiger partial charge in [0.2, 0.25) is 0 Å². The second kappa shape index (κ2) is 3.70. The number of nitrogens with one attached hydrogen (secondary N) is 1. The Kier molecular flexibility index (Phi) is 2.70. The standard InChI is InChI=1S/C9H15F3N2/c10-9(11,12)14(7-3-4-7)8-2-1-5-13-6-8/h7-8,13H,1-6H2/t8-/m1/s1. The van der Waals surface area contributed by atoms with Crippen LogP contribution in [0.1, 0.15) is 25.7 Å². The normalized spacial score (nSPS) is 29.6. The van der Waals surface area contributed by atoms with Crippen molar-refractivity contribution < 1.29 is 13.2 Å². The fourth-order valence-electron chi connectivity index (χ4n) is 2.14. The molecule has 0 aromatic rings. The van der Waals surface area contributed by atoms with Gasteiger partial charge in [0.1, 0.15) is 0 Å². The third kappa shape index (κ3) is 2.20. The third-order valence-electron chi connectivity index (χ3n) is 2.90. The summed E-state index contributed by atoms with van der Waals surface area (Å²) >= 11 is 0. The first-order chi connectivity index (χ1) is 6.59. The number of hydrogen-bond donors (Lipinski definition) is 1. The Balaban J connectivity index is 2.01. The van der Waals surface area contributed by atoms with E-state index in [4.69, 9.17) is 0 Å². The van der Waals surface area contributed by atoms with Gasteiger partial charge in [0, 0.05) is 18.6 Å². The number of nitrogens with zero attached hydrogens (tertiary/aromatic N) is 1. The van der Waals surface area contributed by atoms with E-state index in [0.29, 0.717) is 25.8 Å². The molecule has 14 heavy (non-hydrogen) atoms. The Morgan fingerprint density at radius 3 is 2.21 bits per heavy atom. The van der Waals surface area contributed by atoms with Gasteiger partial charge in [-0.15, -0.1) is 0 Å². The second-order valence-corrected chi connectivity index (χ2v) is 4.11. The zero-order valence-corrected chi connectivity index (χ0v) is 7.98. The summed E-state index contributed by atoms with van der Waals surface area (Å²) in [5.41, 5.74) is 0. The van der Waals surface area contributed by atoms with Crippen LogP contribution in [0.5, 0.6) is 0 Å². The molecule has 2 rings (SSSR count). The van der Waals surface area contributed by atoms with Gasteiger partial charge in [-0.05, 0) is 32.2 Å². The molecule has 1 aliphatic carbocycles. The summed E-state index contributed by atoms with van der Waals surface area (Å²) in [6.07, 6.45) is -1.22. The largest absolute Gasteiger partial charge is 0.460 e. The van der Waals surface area contributed by atoms with Crippen molar-refractivity contribution in [1.82, 2.24) is 10.2 Å². The molecule has 1 atom stereocenters. The number of halogens is 3. The average Bonchev–Trinajstić information content (AvgIpc) is 2.88. The van der Waals surface area contributed by atoms with Gasteiger partial charge in [0.25, 0.3) is 0 Å². The minimum Gasteiger partial charge on any atom is -0.315 e. The van der Waals surface area contributed by atoms with Crippen LogP contribution in [0.2, 0.25) is 0 Å². The lowest BCUT2D eigenvalue weighted by molar-refractivity contribution is -0.263. The van der Waals surface area contributed by atoms with Crippen molar-refractivity contribution in [3.63, 3.8) is 0 Å². The Hall–Kier alpha value is -0.290. The van der Waals surface area contributed by atoms with Crippen LogP contribution in [0.4, 0.5) is 13.2 Å². The van der Waals surface area contributed by atoms with Gasteiger partial charge < -0.3 is 5.32 Å². The van der Waals surface area contributed by atoms with Gasteiger partial charge in [-0.3, -0.25) is 0 Å². The predicted molar refractivity (Wildman–Crippen MR) is 46.8 cm³/mol. The van der Waals surface area contributed by atoms with Gasteiger partial charge in [-0.2, -0.15) is 13.2 Å². The van der Waals surface area contributed by atoms with Crippen LogP contribution in [0, 0.1) is 0 Å². The van der Waals surface area contributed by atoms with E-state index >= 15 is 0 Å². The van der Waals surface area contributed by atoms with Crippen LogP contribution < -0.4 is 5.32 Å². The predicted octanol–water partition coefficient (Wildman–Crippen LogP) is 1.72. The summed E-state index contributed by atoms with van der Waals surface area (Å²) in [6.45, 7) is 1.34. The Morgan fingerprint density at radius 2 is 1.79 bits per heavy atom. The molecule has 0 bridgehead atoms. The molecule has 1 saturated heterocycles. The lowest BCUT2D eigenvalue weighted by Gasteiger charge is -2.35. The third-order valence-corrected chi connectivity index (χ3v) is 2.90. The number of alkyl halides is 3. The smallest absolute Gasteiger partial charge is 0.315 e. The molecule has 0 unspecified atom stereocenters. The topological polar surface area (TPSA) is 15.3 Å². The van der Waals surface area contributed by atoms with Gasteiger partial charge in [-0.1, -0.05) is 0 Å². The molecule has 1 heterocycles. The van der Waals surface area contributed by atoms with E-state index in [0.717, 1.165) is 17.9 Å². The molecule has 0 amide bonds. The fourth-order valence-corrected chi connectivity index (χ4v) is 2.14. The lowest BCUT2D eigenvalue weighted by Crippen LogP contribution is -2.53. The highest BCUT2D eigenvalue weighted by Gasteiger charge is 2.49. The summed E-state index contributed by atoms with van der Waals surface area (Å²) in [4.78, 5) is 0.763. The van der Waals surface area contributed by atoms with Crippen LogP contribution in [-0.4, -0.2) is 36.4 Å². The maximum atomic E-state index is 12.7. The molecule has 1 saturated carbocycles. The molecule has 0 spiro atoms. The number of rotatable bonds is 2. The van der Waals surface area contributed by atoms with E-state index in [1.54, 1.807) is 0 Å². The Morgan fingerprint density at radius 1 is 1.07 bits per heavy atom. The molecule has 1 aliphatic heterocycles. The van der Waals surface area contributed by atoms with E-state index in [9.17, 15) is 13.2 Å². The first-order valence-electron chi connectivity index (χ1n) is 5.15. The second-order valence-electron chi connectivity index (χ2n) is 4.11. The molecule has 82 valence electrons. The summed E-state index contributed by atoms with van der Waals surface area (Å²) in [6, 6.07) is -0.573. The van der Waals surface area contributed by atoms with E-state index < -0.39 is 6.30 Å². The molecule has 0 aromatic heterocycles. The van der Waals surface area contributed by atoms with Crippen LogP contribution in [-0.2, 0) is 0 Å². The Labute approximate surface area is 81.5 Å². The van der Waals surface area contributed by atoms with Gasteiger partial charge >= 0.3 is 6.30 Å². The van der Waals surface area contributed by atoms with Crippen molar-refractivity contribution in [2.75, 3.05) is 13.1 Å². The van der Waals surface area contributed by atoms with Gasteiger partial charge in [-0.25, -0.2) is 4.90 Å². The zero-order chi connectivity index (χ0) is 10.2. The van der Waals surface area contributed by atoms with E-state index in [2.05, 4.69) is 5.32 Å². The van der Waals surface area contributed by atoms with Crippen molar-refractivity contribution in [1.29, 1.82) is 0 Å². The fraction of sp³-hybridized carbons (Fsp3) is 1.00. The molecule has 2 aliphatic rings. The van der Waals surface area contributed by atoms with Crippen molar-refractivity contribution >= 4 is 0 Å². The van der Waals surface area contributed by atoms with Crippen LogP contribution in [0.25, 0.3) is 0 Å². The number of piperidine rings is 1. The van der Waals surface area contributed by atoms with Crippen molar-refractivity contribution in [3.8, 4) is 0 Å². The van der Waals surface area contributed by atoms with Crippen LogP contribution in [0.3, 0.4) is 0 Å². The first-order valence-corrected chi connectivity index (χ1v) is 5.15. The zero-order valence-electron chi connectivity index (χ0n) is 7.98. The minimum absolute atomic E-state index is 0.236. The van der Waals surface area contributed by atoms with Crippen molar-refractivity contribution in [2.45, 2.75) is 44.1 Å². The molecule has 0 aromatic carbocycles. The van der Waals surface area contributed by atoms with Gasteiger partial charge in [0.05, 0.1) is 0 Å². The van der Waals surface area contributed by atoms with Crippen LogP contribution >= 0.6 is 0 Å². The van der Waals surface area contributed by atoms with Crippen LogP contribution in [0.15, 0.2) is 0 Å². The maximum Gasteiger partial charge on any atom is 0.460 e. The maximum absolute atomic E-state index is 12.7. The molecular formula is C9H15F3N2. The van der Waals surface area contributed by atoms with Gasteiger partial charge in [0.15, 0.2) is 0 Å². The lowest BCUT2D eigenvalue weighted by atomic mass is 10.1. The Bertz CT molecular complexity index is 195. The summed E-state index contributed by atoms with van der Waals surface area (Å²) in [5, 5.41) is 3.03.